The highest BCUT2D eigenvalue weighted by Crippen LogP contribution is 2.10. The van der Waals surface area contributed by atoms with E-state index in [0.717, 1.165) is 0 Å². The van der Waals surface area contributed by atoms with Crippen molar-refractivity contribution < 1.29 is 10.2 Å². The number of aliphatic hydroxyl groups is 2. The van der Waals surface area contributed by atoms with Crippen molar-refractivity contribution in [2.45, 2.75) is 52.3 Å². The van der Waals surface area contributed by atoms with Gasteiger partial charge >= 0.3 is 0 Å². The van der Waals surface area contributed by atoms with Crippen molar-refractivity contribution in [3.63, 3.8) is 0 Å². The van der Waals surface area contributed by atoms with Gasteiger partial charge in [0.2, 0.25) is 0 Å². The summed E-state index contributed by atoms with van der Waals surface area (Å²) in [4.78, 5) is 0. The quantitative estimate of drug-likeness (QED) is 0.598. The van der Waals surface area contributed by atoms with Crippen molar-refractivity contribution in [2.75, 3.05) is 6.61 Å². The molecule has 0 radical (unpaired) electrons. The van der Waals surface area contributed by atoms with Gasteiger partial charge in [0.15, 0.2) is 0 Å². The van der Waals surface area contributed by atoms with Gasteiger partial charge < -0.3 is 15.5 Å². The second-order valence-corrected chi connectivity index (χ2v) is 4.58. The number of rotatable bonds is 5. The van der Waals surface area contributed by atoms with E-state index < -0.39 is 5.60 Å². The number of nitrogens with one attached hydrogen (secondary N) is 1. The zero-order valence-electron chi connectivity index (χ0n) is 9.33. The summed E-state index contributed by atoms with van der Waals surface area (Å²) in [6.07, 6.45) is 0. The summed E-state index contributed by atoms with van der Waals surface area (Å²) >= 11 is 0. The van der Waals surface area contributed by atoms with Crippen LogP contribution in [0.15, 0.2) is 0 Å². The predicted molar refractivity (Wildman–Crippen MR) is 54.6 cm³/mol. The Morgan fingerprint density at radius 3 is 1.92 bits per heavy atom. The molecule has 13 heavy (non-hydrogen) atoms. The maximum Gasteiger partial charge on any atom is 0.0741 e. The van der Waals surface area contributed by atoms with Crippen molar-refractivity contribution >= 4 is 0 Å². The Hall–Kier alpha value is -0.120. The molecule has 0 spiro atoms. The molecule has 80 valence electrons. The lowest BCUT2D eigenvalue weighted by Gasteiger charge is -2.32. The van der Waals surface area contributed by atoms with E-state index in [9.17, 15) is 5.11 Å². The summed E-state index contributed by atoms with van der Waals surface area (Å²) < 4.78 is 0. The molecule has 3 N–H and O–H groups in total. The van der Waals surface area contributed by atoms with E-state index in [1.165, 1.54) is 0 Å². The summed E-state index contributed by atoms with van der Waals surface area (Å²) in [6, 6.07) is 0.0356. The Bertz CT molecular complexity index is 140. The molecule has 3 nitrogen and oxygen atoms in total. The van der Waals surface area contributed by atoms with Gasteiger partial charge in [-0.25, -0.2) is 0 Å². The molecule has 0 aromatic rings. The fourth-order valence-electron chi connectivity index (χ4n) is 0.981. The Labute approximate surface area is 81.2 Å². The molecule has 0 rings (SSSR count). The second kappa shape index (κ2) is 4.94. The molecule has 0 aliphatic heterocycles. The summed E-state index contributed by atoms with van der Waals surface area (Å²) in [5, 5.41) is 21.9. The van der Waals surface area contributed by atoms with Crippen LogP contribution in [0.4, 0.5) is 0 Å². The van der Waals surface area contributed by atoms with Crippen LogP contribution in [-0.4, -0.2) is 34.5 Å². The normalized spacial score (nSPS) is 17.5. The van der Waals surface area contributed by atoms with Crippen LogP contribution >= 0.6 is 0 Å². The number of hydrogen-bond donors (Lipinski definition) is 3. The highest BCUT2D eigenvalue weighted by molar-refractivity contribution is 4.83. The lowest BCUT2D eigenvalue weighted by molar-refractivity contribution is 0.0326. The molecular formula is C10H23NO2. The van der Waals surface area contributed by atoms with Gasteiger partial charge in [0, 0.05) is 12.1 Å². The third-order valence-electron chi connectivity index (χ3n) is 2.53. The van der Waals surface area contributed by atoms with E-state index in [4.69, 9.17) is 5.11 Å². The molecule has 0 aliphatic rings. The minimum absolute atomic E-state index is 0.0213. The van der Waals surface area contributed by atoms with Crippen molar-refractivity contribution in [2.24, 2.45) is 5.92 Å². The average Bonchev–Trinajstić information content (AvgIpc) is 1.96. The molecule has 0 heterocycles. The van der Waals surface area contributed by atoms with Gasteiger partial charge in [-0.15, -0.1) is 0 Å². The van der Waals surface area contributed by atoms with Gasteiger partial charge in [-0.05, 0) is 26.7 Å². The average molecular weight is 189 g/mol. The molecule has 0 aromatic carbocycles. The zero-order valence-corrected chi connectivity index (χ0v) is 9.33. The summed E-state index contributed by atoms with van der Waals surface area (Å²) in [7, 11) is 0. The van der Waals surface area contributed by atoms with Crippen LogP contribution in [-0.2, 0) is 0 Å². The van der Waals surface area contributed by atoms with Crippen molar-refractivity contribution in [1.29, 1.82) is 0 Å². The minimum atomic E-state index is -0.748. The van der Waals surface area contributed by atoms with E-state index in [1.54, 1.807) is 13.8 Å². The third kappa shape index (κ3) is 4.60. The van der Waals surface area contributed by atoms with Crippen LogP contribution in [0.2, 0.25) is 0 Å². The molecule has 0 aromatic heterocycles. The van der Waals surface area contributed by atoms with Gasteiger partial charge in [0.1, 0.15) is 0 Å². The van der Waals surface area contributed by atoms with Crippen molar-refractivity contribution in [1.82, 2.24) is 5.32 Å². The molecule has 0 bridgehead atoms. The van der Waals surface area contributed by atoms with Crippen LogP contribution < -0.4 is 5.32 Å². The van der Waals surface area contributed by atoms with Gasteiger partial charge in [0.05, 0.1) is 12.2 Å². The first kappa shape index (κ1) is 12.9. The highest BCUT2D eigenvalue weighted by atomic mass is 16.3. The first-order chi connectivity index (χ1) is 5.79. The predicted octanol–water partition coefficient (Wildman–Crippen LogP) is 0.752. The van der Waals surface area contributed by atoms with Crippen molar-refractivity contribution in [3.05, 3.63) is 0 Å². The Morgan fingerprint density at radius 1 is 1.23 bits per heavy atom. The Morgan fingerprint density at radius 2 is 1.69 bits per heavy atom. The number of hydrogen-bond acceptors (Lipinski definition) is 3. The van der Waals surface area contributed by atoms with Crippen LogP contribution in [0.3, 0.4) is 0 Å². The van der Waals surface area contributed by atoms with Gasteiger partial charge in [0.25, 0.3) is 0 Å². The maximum absolute atomic E-state index is 9.67. The summed E-state index contributed by atoms with van der Waals surface area (Å²) in [5.74, 6) is 0.370. The standard InChI is InChI=1S/C10H23NO2/c1-7(2)9(6-12)11-8(3)10(4,5)13/h7-9,11-13H,6H2,1-5H3/t8?,9-/m1/s1. The molecule has 0 saturated carbocycles. The molecule has 0 saturated heterocycles. The smallest absolute Gasteiger partial charge is 0.0741 e. The molecule has 3 heteroatoms. The van der Waals surface area contributed by atoms with Crippen LogP contribution in [0, 0.1) is 5.92 Å². The van der Waals surface area contributed by atoms with E-state index in [0.29, 0.717) is 5.92 Å². The minimum Gasteiger partial charge on any atom is -0.395 e. The van der Waals surface area contributed by atoms with Crippen molar-refractivity contribution in [3.8, 4) is 0 Å². The molecule has 2 atom stereocenters. The SMILES string of the molecule is CC(C)[C@@H](CO)NC(C)C(C)(C)O. The fraction of sp³-hybridized carbons (Fsp3) is 1.00. The molecule has 0 aliphatic carbocycles. The van der Waals surface area contributed by atoms with Gasteiger partial charge in [-0.2, -0.15) is 0 Å². The van der Waals surface area contributed by atoms with E-state index in [2.05, 4.69) is 5.32 Å². The van der Waals surface area contributed by atoms with Crippen LogP contribution in [0.1, 0.15) is 34.6 Å². The highest BCUT2D eigenvalue weighted by Gasteiger charge is 2.25. The molecule has 0 fully saturated rings. The lowest BCUT2D eigenvalue weighted by atomic mass is 9.97. The van der Waals surface area contributed by atoms with E-state index in [-0.39, 0.29) is 18.7 Å². The Kier molecular flexibility index (Phi) is 4.89. The van der Waals surface area contributed by atoms with Crippen LogP contribution in [0.25, 0.3) is 0 Å². The van der Waals surface area contributed by atoms with Gasteiger partial charge in [-0.3, -0.25) is 0 Å². The zero-order chi connectivity index (χ0) is 10.6. The molecule has 0 amide bonds. The maximum atomic E-state index is 9.67. The summed E-state index contributed by atoms with van der Waals surface area (Å²) in [6.45, 7) is 9.65. The first-order valence-corrected chi connectivity index (χ1v) is 4.88. The topological polar surface area (TPSA) is 52.5 Å². The Balaban J connectivity index is 4.09. The monoisotopic (exact) mass is 189 g/mol. The first-order valence-electron chi connectivity index (χ1n) is 4.88. The molecular weight excluding hydrogens is 166 g/mol. The summed E-state index contributed by atoms with van der Waals surface area (Å²) in [5.41, 5.74) is -0.748. The molecule has 1 unspecified atom stereocenters. The lowest BCUT2D eigenvalue weighted by Crippen LogP contribution is -2.51. The van der Waals surface area contributed by atoms with Crippen LogP contribution in [0.5, 0.6) is 0 Å². The number of aliphatic hydroxyl groups excluding tert-OH is 1. The second-order valence-electron chi connectivity index (χ2n) is 4.58. The van der Waals surface area contributed by atoms with Gasteiger partial charge in [-0.1, -0.05) is 13.8 Å². The van der Waals surface area contributed by atoms with E-state index >= 15 is 0 Å². The third-order valence-corrected chi connectivity index (χ3v) is 2.53. The van der Waals surface area contributed by atoms with E-state index in [1.807, 2.05) is 20.8 Å². The largest absolute Gasteiger partial charge is 0.395 e. The fourth-order valence-corrected chi connectivity index (χ4v) is 0.981.